The van der Waals surface area contributed by atoms with Crippen LogP contribution in [-0.2, 0) is 21.9 Å². The molecule has 0 aliphatic carbocycles. The summed E-state index contributed by atoms with van der Waals surface area (Å²) in [5.74, 6) is -4.78. The molecule has 1 unspecified atom stereocenters. The molecule has 3 rings (SSSR count). The van der Waals surface area contributed by atoms with Crippen LogP contribution < -0.4 is 4.74 Å². The molecule has 0 spiro atoms. The fourth-order valence-corrected chi connectivity index (χ4v) is 3.28. The van der Waals surface area contributed by atoms with Gasteiger partial charge in [-0.25, -0.2) is 14.2 Å². The lowest BCUT2D eigenvalue weighted by Crippen LogP contribution is -2.24. The number of fused-ring (bicyclic) bond motifs is 1. The van der Waals surface area contributed by atoms with E-state index in [0.717, 1.165) is 18.2 Å². The molecule has 3 aromatic rings. The average Bonchev–Trinajstić information content (AvgIpc) is 3.08. The van der Waals surface area contributed by atoms with Gasteiger partial charge >= 0.3 is 18.3 Å². The third kappa shape index (κ3) is 5.00. The highest BCUT2D eigenvalue weighted by atomic mass is 35.5. The van der Waals surface area contributed by atoms with E-state index >= 15 is 0 Å². The van der Waals surface area contributed by atoms with E-state index in [-0.39, 0.29) is 29.5 Å². The van der Waals surface area contributed by atoms with Crippen molar-refractivity contribution >= 4 is 28.6 Å². The number of benzene rings is 2. The smallest absolute Gasteiger partial charge is 0.449 e. The summed E-state index contributed by atoms with van der Waals surface area (Å²) < 4.78 is 104. The number of nitrogens with zero attached hydrogens (tertiary/aromatic N) is 2. The number of carbonyl (C=O) groups excluding carboxylic acids is 1. The molecule has 0 aliphatic heterocycles. The maximum Gasteiger partial charge on any atom is 0.449 e. The van der Waals surface area contributed by atoms with Gasteiger partial charge in [-0.15, -0.1) is 0 Å². The molecule has 1 heterocycles. The fourth-order valence-electron chi connectivity index (χ4n) is 3.04. The summed E-state index contributed by atoms with van der Waals surface area (Å²) in [5, 5.41) is -0.702. The molecule has 5 nitrogen and oxygen atoms in total. The van der Waals surface area contributed by atoms with Gasteiger partial charge in [0.05, 0.1) is 28.2 Å². The molecule has 13 heteroatoms. The Balaban J connectivity index is 2.10. The summed E-state index contributed by atoms with van der Waals surface area (Å²) in [6.45, 7) is 2.58. The van der Waals surface area contributed by atoms with Crippen LogP contribution in [0.25, 0.3) is 11.0 Å². The van der Waals surface area contributed by atoms with E-state index in [1.54, 1.807) is 0 Å². The zero-order valence-electron chi connectivity index (χ0n) is 16.8. The van der Waals surface area contributed by atoms with Crippen molar-refractivity contribution in [2.75, 3.05) is 6.61 Å². The third-order valence-corrected chi connectivity index (χ3v) is 4.76. The number of halogens is 8. The van der Waals surface area contributed by atoms with Crippen molar-refractivity contribution in [2.45, 2.75) is 32.2 Å². The Morgan fingerprint density at radius 3 is 2.33 bits per heavy atom. The van der Waals surface area contributed by atoms with Crippen LogP contribution in [0.5, 0.6) is 11.5 Å². The molecule has 0 aliphatic rings. The van der Waals surface area contributed by atoms with Gasteiger partial charge < -0.3 is 14.0 Å². The van der Waals surface area contributed by atoms with Crippen molar-refractivity contribution < 1.29 is 45.0 Å². The van der Waals surface area contributed by atoms with Crippen molar-refractivity contribution in [3.8, 4) is 11.5 Å². The molecule has 0 amide bonds. The second-order valence-electron chi connectivity index (χ2n) is 6.75. The molecular formula is C20H14ClF7N2O3. The number of hydrogen-bond acceptors (Lipinski definition) is 4. The third-order valence-electron chi connectivity index (χ3n) is 4.48. The van der Waals surface area contributed by atoms with Gasteiger partial charge in [-0.05, 0) is 38.1 Å². The van der Waals surface area contributed by atoms with Gasteiger partial charge in [0.15, 0.2) is 11.6 Å². The summed E-state index contributed by atoms with van der Waals surface area (Å²) in [6, 6.07) is 2.46. The highest BCUT2D eigenvalue weighted by molar-refractivity contribution is 6.32. The van der Waals surface area contributed by atoms with Crippen molar-refractivity contribution in [3.05, 3.63) is 52.6 Å². The SMILES string of the molecule is CCOC(=O)C(C)n1c(C(F)(F)F)nc2ccc(Oc3c(F)cc(C(F)(F)F)cc3Cl)cc21. The number of hydrogen-bond donors (Lipinski definition) is 0. The van der Waals surface area contributed by atoms with Crippen LogP contribution in [0.1, 0.15) is 31.3 Å². The van der Waals surface area contributed by atoms with E-state index in [1.807, 2.05) is 0 Å². The van der Waals surface area contributed by atoms with Crippen molar-refractivity contribution in [1.82, 2.24) is 9.55 Å². The van der Waals surface area contributed by atoms with E-state index < -0.39 is 52.3 Å². The summed E-state index contributed by atoms with van der Waals surface area (Å²) in [7, 11) is 0. The first kappa shape index (κ1) is 24.6. The van der Waals surface area contributed by atoms with Gasteiger partial charge in [-0.3, -0.25) is 0 Å². The summed E-state index contributed by atoms with van der Waals surface area (Å²) in [4.78, 5) is 15.6. The molecule has 1 atom stereocenters. The van der Waals surface area contributed by atoms with Crippen LogP contribution in [0.3, 0.4) is 0 Å². The number of ether oxygens (including phenoxy) is 2. The zero-order chi connectivity index (χ0) is 24.7. The minimum absolute atomic E-state index is 0.0722. The number of alkyl halides is 6. The topological polar surface area (TPSA) is 53.4 Å². The van der Waals surface area contributed by atoms with Crippen LogP contribution in [0.15, 0.2) is 30.3 Å². The Hall–Kier alpha value is -3.02. The first-order valence-electron chi connectivity index (χ1n) is 9.24. The predicted octanol–water partition coefficient (Wildman–Crippen LogP) is 6.78. The van der Waals surface area contributed by atoms with Gasteiger partial charge in [0.2, 0.25) is 5.82 Å². The predicted molar refractivity (Wildman–Crippen MR) is 103 cm³/mol. The van der Waals surface area contributed by atoms with Gasteiger partial charge in [-0.1, -0.05) is 11.6 Å². The molecule has 0 bridgehead atoms. The largest absolute Gasteiger partial charge is 0.464 e. The number of aromatic nitrogens is 2. The Labute approximate surface area is 186 Å². The number of imidazole rings is 1. The number of esters is 1. The monoisotopic (exact) mass is 498 g/mol. The lowest BCUT2D eigenvalue weighted by atomic mass is 10.2. The Kier molecular flexibility index (Phi) is 6.51. The summed E-state index contributed by atoms with van der Waals surface area (Å²) in [5.41, 5.74) is -1.71. The van der Waals surface area contributed by atoms with Crippen LogP contribution in [0.4, 0.5) is 30.7 Å². The molecule has 0 saturated heterocycles. The van der Waals surface area contributed by atoms with E-state index in [1.165, 1.54) is 13.8 Å². The molecule has 178 valence electrons. The number of rotatable bonds is 5. The molecule has 0 saturated carbocycles. The lowest BCUT2D eigenvalue weighted by molar-refractivity contribution is -0.153. The Bertz CT molecular complexity index is 1180. The standard InChI is InChI=1S/C20H14ClF7N2O3/c1-3-32-17(31)9(2)30-15-8-11(4-5-14(15)29-18(30)20(26,27)28)33-16-12(21)6-10(7-13(16)22)19(23,24)25/h4-9H,3H2,1-2H3. The quantitative estimate of drug-likeness (QED) is 0.287. The van der Waals surface area contributed by atoms with E-state index in [0.29, 0.717) is 10.6 Å². The molecule has 1 aromatic heterocycles. The van der Waals surface area contributed by atoms with Crippen LogP contribution in [-0.4, -0.2) is 22.1 Å². The highest BCUT2D eigenvalue weighted by Crippen LogP contribution is 2.40. The van der Waals surface area contributed by atoms with Gasteiger partial charge in [0, 0.05) is 6.07 Å². The van der Waals surface area contributed by atoms with E-state index in [4.69, 9.17) is 21.1 Å². The highest BCUT2D eigenvalue weighted by Gasteiger charge is 2.40. The second kappa shape index (κ2) is 8.73. The van der Waals surface area contributed by atoms with E-state index in [9.17, 15) is 35.5 Å². The molecule has 0 N–H and O–H groups in total. The van der Waals surface area contributed by atoms with Crippen molar-refractivity contribution in [1.29, 1.82) is 0 Å². The maximum atomic E-state index is 14.3. The zero-order valence-corrected chi connectivity index (χ0v) is 17.6. The molecular weight excluding hydrogens is 485 g/mol. The van der Waals surface area contributed by atoms with Crippen molar-refractivity contribution in [3.63, 3.8) is 0 Å². The van der Waals surface area contributed by atoms with E-state index in [2.05, 4.69) is 4.98 Å². The van der Waals surface area contributed by atoms with Gasteiger partial charge in [0.25, 0.3) is 0 Å². The Morgan fingerprint density at radius 2 is 1.79 bits per heavy atom. The molecule has 0 fully saturated rings. The van der Waals surface area contributed by atoms with Gasteiger partial charge in [0.1, 0.15) is 11.8 Å². The summed E-state index contributed by atoms with van der Waals surface area (Å²) in [6.07, 6.45) is -9.78. The lowest BCUT2D eigenvalue weighted by Gasteiger charge is -2.17. The first-order valence-corrected chi connectivity index (χ1v) is 9.61. The normalized spacial score (nSPS) is 13.3. The maximum absolute atomic E-state index is 14.3. The van der Waals surface area contributed by atoms with Gasteiger partial charge in [-0.2, -0.15) is 26.3 Å². The van der Waals surface area contributed by atoms with Crippen LogP contribution >= 0.6 is 11.6 Å². The average molecular weight is 499 g/mol. The fraction of sp³-hybridized carbons (Fsp3) is 0.300. The van der Waals surface area contributed by atoms with Crippen molar-refractivity contribution in [2.24, 2.45) is 0 Å². The second-order valence-corrected chi connectivity index (χ2v) is 7.16. The number of carbonyl (C=O) groups is 1. The summed E-state index contributed by atoms with van der Waals surface area (Å²) >= 11 is 5.74. The van der Waals surface area contributed by atoms with Crippen LogP contribution in [0.2, 0.25) is 5.02 Å². The Morgan fingerprint density at radius 1 is 1.12 bits per heavy atom. The molecule has 2 aromatic carbocycles. The minimum atomic E-state index is -4.93. The van der Waals surface area contributed by atoms with Crippen LogP contribution in [0, 0.1) is 5.82 Å². The molecule has 0 radical (unpaired) electrons. The first-order chi connectivity index (χ1) is 15.2. The minimum Gasteiger partial charge on any atom is -0.464 e. The molecule has 33 heavy (non-hydrogen) atoms.